The van der Waals surface area contributed by atoms with Gasteiger partial charge in [0.1, 0.15) is 6.29 Å². The van der Waals surface area contributed by atoms with Crippen molar-refractivity contribution < 1.29 is 4.79 Å². The third kappa shape index (κ3) is 1.16. The molecule has 0 bridgehead atoms. The number of allylic oxidation sites excluding steroid dienone is 5. The molecule has 0 amide bonds. The lowest BCUT2D eigenvalue weighted by Gasteiger charge is -2.04. The first-order valence-corrected chi connectivity index (χ1v) is 3.11. The monoisotopic (exact) mass is 135 g/mol. The maximum absolute atomic E-state index is 10.3. The van der Waals surface area contributed by atoms with Crippen molar-refractivity contribution in [3.8, 4) is 0 Å². The van der Waals surface area contributed by atoms with E-state index in [1.165, 1.54) is 6.20 Å². The summed E-state index contributed by atoms with van der Waals surface area (Å²) >= 11 is 0. The lowest BCUT2D eigenvalue weighted by Crippen LogP contribution is -1.96. The maximum atomic E-state index is 10.3. The van der Waals surface area contributed by atoms with Crippen LogP contribution in [0.3, 0.4) is 0 Å². The van der Waals surface area contributed by atoms with E-state index in [1.54, 1.807) is 6.08 Å². The van der Waals surface area contributed by atoms with Gasteiger partial charge in [0.15, 0.2) is 0 Å². The molecular weight excluding hydrogens is 126 g/mol. The van der Waals surface area contributed by atoms with Gasteiger partial charge in [0.25, 0.3) is 0 Å². The van der Waals surface area contributed by atoms with E-state index in [9.17, 15) is 4.79 Å². The molecule has 1 aliphatic carbocycles. The molecule has 0 aromatic heterocycles. The summed E-state index contributed by atoms with van der Waals surface area (Å²) in [4.78, 5) is 10.3. The van der Waals surface area contributed by atoms with Crippen LogP contribution in [-0.4, -0.2) is 6.29 Å². The predicted octanol–water partition coefficient (Wildman–Crippen LogP) is 0.914. The largest absolute Gasteiger partial charge is 0.404 e. The average Bonchev–Trinajstić information content (AvgIpc) is 2.04. The lowest BCUT2D eigenvalue weighted by molar-refractivity contribution is -0.104. The van der Waals surface area contributed by atoms with Gasteiger partial charge in [-0.25, -0.2) is 0 Å². The van der Waals surface area contributed by atoms with Crippen LogP contribution in [0.1, 0.15) is 6.42 Å². The van der Waals surface area contributed by atoms with Gasteiger partial charge in [-0.2, -0.15) is 0 Å². The molecule has 0 atom stereocenters. The molecule has 52 valence electrons. The highest BCUT2D eigenvalue weighted by Gasteiger charge is 2.03. The van der Waals surface area contributed by atoms with Crippen LogP contribution in [0.15, 0.2) is 35.6 Å². The van der Waals surface area contributed by atoms with Crippen molar-refractivity contribution >= 4 is 6.29 Å². The van der Waals surface area contributed by atoms with Crippen LogP contribution in [0, 0.1) is 0 Å². The molecule has 2 heteroatoms. The van der Waals surface area contributed by atoms with Gasteiger partial charge in [-0.05, 0) is 18.2 Å². The Bertz CT molecular complexity index is 223. The lowest BCUT2D eigenvalue weighted by atomic mass is 10.0. The Balaban J connectivity index is 2.91. The summed E-state index contributed by atoms with van der Waals surface area (Å²) in [5.41, 5.74) is 6.86. The SMILES string of the molecule is NC=C1CC=CC=C1C=O. The first kappa shape index (κ1) is 6.81. The van der Waals surface area contributed by atoms with Crippen LogP contribution >= 0.6 is 0 Å². The third-order valence-corrected chi connectivity index (χ3v) is 1.45. The van der Waals surface area contributed by atoms with Crippen LogP contribution in [0.25, 0.3) is 0 Å². The molecule has 10 heavy (non-hydrogen) atoms. The number of hydrogen-bond acceptors (Lipinski definition) is 2. The van der Waals surface area contributed by atoms with Crippen LogP contribution < -0.4 is 5.73 Å². The molecule has 0 aromatic rings. The molecular formula is C8H9NO. The van der Waals surface area contributed by atoms with Crippen LogP contribution in [0.5, 0.6) is 0 Å². The predicted molar refractivity (Wildman–Crippen MR) is 40.2 cm³/mol. The van der Waals surface area contributed by atoms with E-state index in [1.807, 2.05) is 12.2 Å². The Hall–Kier alpha value is -1.31. The minimum absolute atomic E-state index is 0.685. The molecule has 1 rings (SSSR count). The Morgan fingerprint density at radius 2 is 2.40 bits per heavy atom. The Kier molecular flexibility index (Phi) is 2.05. The molecule has 0 radical (unpaired) electrons. The van der Waals surface area contributed by atoms with Crippen LogP contribution in [-0.2, 0) is 4.79 Å². The molecule has 0 aromatic carbocycles. The third-order valence-electron chi connectivity index (χ3n) is 1.45. The van der Waals surface area contributed by atoms with Gasteiger partial charge in [0, 0.05) is 5.57 Å². The molecule has 1 aliphatic rings. The second kappa shape index (κ2) is 3.01. The van der Waals surface area contributed by atoms with E-state index in [4.69, 9.17) is 5.73 Å². The summed E-state index contributed by atoms with van der Waals surface area (Å²) < 4.78 is 0. The summed E-state index contributed by atoms with van der Waals surface area (Å²) in [6.07, 6.45) is 8.64. The van der Waals surface area contributed by atoms with Crippen molar-refractivity contribution in [3.05, 3.63) is 35.6 Å². The number of hydrogen-bond donors (Lipinski definition) is 1. The van der Waals surface area contributed by atoms with Gasteiger partial charge in [-0.15, -0.1) is 0 Å². The van der Waals surface area contributed by atoms with Crippen LogP contribution in [0.2, 0.25) is 0 Å². The molecule has 0 saturated carbocycles. The van der Waals surface area contributed by atoms with E-state index in [0.29, 0.717) is 5.57 Å². The molecule has 0 spiro atoms. The fraction of sp³-hybridized carbons (Fsp3) is 0.125. The van der Waals surface area contributed by atoms with Gasteiger partial charge >= 0.3 is 0 Å². The topological polar surface area (TPSA) is 43.1 Å². The second-order valence-electron chi connectivity index (χ2n) is 2.06. The number of carbonyl (C=O) groups is 1. The zero-order valence-electron chi connectivity index (χ0n) is 5.58. The quantitative estimate of drug-likeness (QED) is 0.543. The van der Waals surface area contributed by atoms with Gasteiger partial charge in [0.2, 0.25) is 0 Å². The number of nitrogens with two attached hydrogens (primary N) is 1. The van der Waals surface area contributed by atoms with E-state index >= 15 is 0 Å². The minimum atomic E-state index is 0.685. The number of rotatable bonds is 1. The number of aldehydes is 1. The molecule has 0 fully saturated rings. The fourth-order valence-electron chi connectivity index (χ4n) is 0.871. The second-order valence-corrected chi connectivity index (χ2v) is 2.06. The molecule has 0 aliphatic heterocycles. The van der Waals surface area contributed by atoms with Gasteiger partial charge in [-0.1, -0.05) is 18.2 Å². The van der Waals surface area contributed by atoms with Crippen LogP contribution in [0.4, 0.5) is 0 Å². The van der Waals surface area contributed by atoms with E-state index in [0.717, 1.165) is 18.3 Å². The zero-order chi connectivity index (χ0) is 7.40. The highest BCUT2D eigenvalue weighted by molar-refractivity contribution is 5.81. The molecule has 0 heterocycles. The van der Waals surface area contributed by atoms with E-state index in [-0.39, 0.29) is 0 Å². The van der Waals surface area contributed by atoms with Crippen molar-refractivity contribution in [2.75, 3.05) is 0 Å². The Labute approximate surface area is 59.7 Å². The van der Waals surface area contributed by atoms with Gasteiger partial charge in [0.05, 0.1) is 0 Å². The Morgan fingerprint density at radius 3 is 2.90 bits per heavy atom. The van der Waals surface area contributed by atoms with Crippen molar-refractivity contribution in [3.63, 3.8) is 0 Å². The minimum Gasteiger partial charge on any atom is -0.404 e. The highest BCUT2D eigenvalue weighted by Crippen LogP contribution is 2.15. The van der Waals surface area contributed by atoms with E-state index in [2.05, 4.69) is 0 Å². The maximum Gasteiger partial charge on any atom is 0.150 e. The standard InChI is InChI=1S/C8H9NO/c9-5-7-3-1-2-4-8(7)6-10/h1-2,4-6H,3,9H2. The van der Waals surface area contributed by atoms with E-state index < -0.39 is 0 Å². The van der Waals surface area contributed by atoms with Crippen molar-refractivity contribution in [1.29, 1.82) is 0 Å². The van der Waals surface area contributed by atoms with Crippen molar-refractivity contribution in [1.82, 2.24) is 0 Å². The summed E-state index contributed by atoms with van der Waals surface area (Å²) in [6.45, 7) is 0. The van der Waals surface area contributed by atoms with Gasteiger partial charge in [-0.3, -0.25) is 4.79 Å². The highest BCUT2D eigenvalue weighted by atomic mass is 16.1. The average molecular weight is 135 g/mol. The summed E-state index contributed by atoms with van der Waals surface area (Å²) in [5.74, 6) is 0. The first-order chi connectivity index (χ1) is 4.88. The zero-order valence-corrected chi connectivity index (χ0v) is 5.58. The fourth-order valence-corrected chi connectivity index (χ4v) is 0.871. The normalized spacial score (nSPS) is 20.8. The first-order valence-electron chi connectivity index (χ1n) is 3.11. The number of carbonyl (C=O) groups excluding carboxylic acids is 1. The molecule has 0 saturated heterocycles. The van der Waals surface area contributed by atoms with Crippen molar-refractivity contribution in [2.45, 2.75) is 6.42 Å². The Morgan fingerprint density at radius 1 is 1.60 bits per heavy atom. The summed E-state index contributed by atoms with van der Waals surface area (Å²) in [7, 11) is 0. The summed E-state index contributed by atoms with van der Waals surface area (Å²) in [5, 5.41) is 0. The molecule has 2 N–H and O–H groups in total. The van der Waals surface area contributed by atoms with Gasteiger partial charge < -0.3 is 5.73 Å². The van der Waals surface area contributed by atoms with Crippen molar-refractivity contribution in [2.24, 2.45) is 5.73 Å². The molecule has 2 nitrogen and oxygen atoms in total. The summed E-state index contributed by atoms with van der Waals surface area (Å²) in [6, 6.07) is 0. The smallest absolute Gasteiger partial charge is 0.150 e. The molecule has 0 unspecified atom stereocenters.